The Morgan fingerprint density at radius 2 is 2.16 bits per heavy atom. The molecule has 1 fully saturated rings. The number of nitrogen functional groups attached to an aromatic ring is 1. The number of amides is 1. The van der Waals surface area contributed by atoms with Gasteiger partial charge in [0.15, 0.2) is 0 Å². The Kier molecular flexibility index (Phi) is 5.05. The first-order chi connectivity index (χ1) is 9.16. The highest BCUT2D eigenvalue weighted by Crippen LogP contribution is 2.21. The maximum atomic E-state index is 11.8. The van der Waals surface area contributed by atoms with Crippen LogP contribution < -0.4 is 11.1 Å². The number of hydrogen-bond acceptors (Lipinski definition) is 3. The standard InChI is InChI=1S/C14H19ClN2O2/c15-12-9-10(5-6-13(12)16)14(18)17-7-8-19-11-3-1-2-4-11/h5-6,9,11H,1-4,7-8,16H2,(H,17,18). The van der Waals surface area contributed by atoms with E-state index in [0.29, 0.717) is 35.5 Å². The van der Waals surface area contributed by atoms with Crippen LogP contribution in [0.3, 0.4) is 0 Å². The van der Waals surface area contributed by atoms with Crippen LogP contribution >= 0.6 is 11.6 Å². The Bertz CT molecular complexity index is 445. The summed E-state index contributed by atoms with van der Waals surface area (Å²) >= 11 is 5.88. The molecular weight excluding hydrogens is 264 g/mol. The lowest BCUT2D eigenvalue weighted by molar-refractivity contribution is 0.0582. The predicted molar refractivity (Wildman–Crippen MR) is 76.4 cm³/mol. The average molecular weight is 283 g/mol. The second-order valence-electron chi connectivity index (χ2n) is 4.77. The molecule has 4 nitrogen and oxygen atoms in total. The maximum absolute atomic E-state index is 11.8. The van der Waals surface area contributed by atoms with Gasteiger partial charge in [0.25, 0.3) is 5.91 Å². The van der Waals surface area contributed by atoms with Crippen LogP contribution in [0.15, 0.2) is 18.2 Å². The molecule has 1 aliphatic rings. The molecule has 19 heavy (non-hydrogen) atoms. The Morgan fingerprint density at radius 1 is 1.42 bits per heavy atom. The fourth-order valence-electron chi connectivity index (χ4n) is 2.22. The van der Waals surface area contributed by atoms with Gasteiger partial charge in [0.05, 0.1) is 23.4 Å². The molecule has 0 heterocycles. The Morgan fingerprint density at radius 3 is 2.84 bits per heavy atom. The van der Waals surface area contributed by atoms with Crippen molar-refractivity contribution in [3.8, 4) is 0 Å². The van der Waals surface area contributed by atoms with Gasteiger partial charge in [-0.15, -0.1) is 0 Å². The van der Waals surface area contributed by atoms with Gasteiger partial charge >= 0.3 is 0 Å². The third-order valence-corrected chi connectivity index (χ3v) is 3.63. The summed E-state index contributed by atoms with van der Waals surface area (Å²) < 4.78 is 5.67. The van der Waals surface area contributed by atoms with Crippen molar-refractivity contribution < 1.29 is 9.53 Å². The van der Waals surface area contributed by atoms with E-state index >= 15 is 0 Å². The van der Waals surface area contributed by atoms with E-state index in [1.54, 1.807) is 18.2 Å². The molecule has 0 spiro atoms. The minimum Gasteiger partial charge on any atom is -0.398 e. The van der Waals surface area contributed by atoms with Crippen molar-refractivity contribution in [2.45, 2.75) is 31.8 Å². The van der Waals surface area contributed by atoms with E-state index in [2.05, 4.69) is 5.32 Å². The topological polar surface area (TPSA) is 64.4 Å². The van der Waals surface area contributed by atoms with Crippen LogP contribution in [-0.4, -0.2) is 25.2 Å². The number of nitrogens with one attached hydrogen (secondary N) is 1. The van der Waals surface area contributed by atoms with Crippen LogP contribution in [0.1, 0.15) is 36.0 Å². The fraction of sp³-hybridized carbons (Fsp3) is 0.500. The van der Waals surface area contributed by atoms with E-state index in [4.69, 9.17) is 22.1 Å². The highest BCUT2D eigenvalue weighted by Gasteiger charge is 2.15. The number of halogens is 1. The molecule has 2 rings (SSSR count). The molecule has 1 aliphatic carbocycles. The predicted octanol–water partition coefficient (Wildman–Crippen LogP) is 2.61. The molecule has 0 aromatic heterocycles. The van der Waals surface area contributed by atoms with Crippen molar-refractivity contribution in [1.29, 1.82) is 0 Å². The monoisotopic (exact) mass is 282 g/mol. The number of carbonyl (C=O) groups is 1. The Balaban J connectivity index is 1.72. The molecule has 1 amide bonds. The molecule has 104 valence electrons. The second-order valence-corrected chi connectivity index (χ2v) is 5.18. The van der Waals surface area contributed by atoms with Crippen LogP contribution in [0.5, 0.6) is 0 Å². The lowest BCUT2D eigenvalue weighted by Gasteiger charge is -2.11. The first-order valence-corrected chi connectivity index (χ1v) is 6.99. The molecule has 0 bridgehead atoms. The number of rotatable bonds is 5. The van der Waals surface area contributed by atoms with Gasteiger partial charge in [-0.2, -0.15) is 0 Å². The van der Waals surface area contributed by atoms with Crippen molar-refractivity contribution in [2.75, 3.05) is 18.9 Å². The summed E-state index contributed by atoms with van der Waals surface area (Å²) in [5, 5.41) is 3.20. The van der Waals surface area contributed by atoms with Gasteiger partial charge in [-0.25, -0.2) is 0 Å². The highest BCUT2D eigenvalue weighted by atomic mass is 35.5. The van der Waals surface area contributed by atoms with Crippen LogP contribution in [0.2, 0.25) is 5.02 Å². The number of benzene rings is 1. The molecule has 0 radical (unpaired) electrons. The lowest BCUT2D eigenvalue weighted by Crippen LogP contribution is -2.28. The zero-order chi connectivity index (χ0) is 13.7. The normalized spacial score (nSPS) is 15.6. The van der Waals surface area contributed by atoms with Gasteiger partial charge in [0.1, 0.15) is 0 Å². The lowest BCUT2D eigenvalue weighted by atomic mass is 10.2. The van der Waals surface area contributed by atoms with E-state index < -0.39 is 0 Å². The molecular formula is C14H19ClN2O2. The molecule has 1 aromatic rings. The maximum Gasteiger partial charge on any atom is 0.251 e. The van der Waals surface area contributed by atoms with E-state index in [1.807, 2.05) is 0 Å². The highest BCUT2D eigenvalue weighted by molar-refractivity contribution is 6.33. The molecule has 1 aromatic carbocycles. The SMILES string of the molecule is Nc1ccc(C(=O)NCCOC2CCCC2)cc1Cl. The van der Waals surface area contributed by atoms with Crippen molar-refractivity contribution >= 4 is 23.2 Å². The van der Waals surface area contributed by atoms with Gasteiger partial charge in [-0.3, -0.25) is 4.79 Å². The smallest absolute Gasteiger partial charge is 0.251 e. The minimum absolute atomic E-state index is 0.156. The van der Waals surface area contributed by atoms with E-state index in [0.717, 1.165) is 12.8 Å². The second kappa shape index (κ2) is 6.78. The van der Waals surface area contributed by atoms with Crippen LogP contribution in [0, 0.1) is 0 Å². The van der Waals surface area contributed by atoms with Crippen molar-refractivity contribution in [1.82, 2.24) is 5.32 Å². The summed E-state index contributed by atoms with van der Waals surface area (Å²) in [7, 11) is 0. The number of anilines is 1. The Labute approximate surface area is 118 Å². The molecule has 0 unspecified atom stereocenters. The summed E-state index contributed by atoms with van der Waals surface area (Å²) in [5.74, 6) is -0.156. The van der Waals surface area contributed by atoms with Crippen molar-refractivity contribution in [2.24, 2.45) is 0 Å². The summed E-state index contributed by atoms with van der Waals surface area (Å²) in [6.07, 6.45) is 5.16. The molecule has 1 saturated carbocycles. The van der Waals surface area contributed by atoms with Gasteiger partial charge in [0.2, 0.25) is 0 Å². The Hall–Kier alpha value is -1.26. The third kappa shape index (κ3) is 4.11. The summed E-state index contributed by atoms with van der Waals surface area (Å²) in [6, 6.07) is 4.87. The summed E-state index contributed by atoms with van der Waals surface area (Å²) in [4.78, 5) is 11.8. The molecule has 5 heteroatoms. The molecule has 3 N–H and O–H groups in total. The fourth-order valence-corrected chi connectivity index (χ4v) is 2.40. The largest absolute Gasteiger partial charge is 0.398 e. The quantitative estimate of drug-likeness (QED) is 0.644. The first kappa shape index (κ1) is 14.2. The third-order valence-electron chi connectivity index (χ3n) is 3.31. The van der Waals surface area contributed by atoms with E-state index in [-0.39, 0.29) is 5.91 Å². The van der Waals surface area contributed by atoms with Crippen LogP contribution in [0.25, 0.3) is 0 Å². The van der Waals surface area contributed by atoms with Gasteiger partial charge < -0.3 is 15.8 Å². The van der Waals surface area contributed by atoms with Crippen LogP contribution in [0.4, 0.5) is 5.69 Å². The minimum atomic E-state index is -0.156. The number of hydrogen-bond donors (Lipinski definition) is 2. The van der Waals surface area contributed by atoms with E-state index in [1.165, 1.54) is 12.8 Å². The number of ether oxygens (including phenoxy) is 1. The number of carbonyl (C=O) groups excluding carboxylic acids is 1. The molecule has 0 aliphatic heterocycles. The van der Waals surface area contributed by atoms with E-state index in [9.17, 15) is 4.79 Å². The summed E-state index contributed by atoms with van der Waals surface area (Å²) in [5.41, 5.74) is 6.59. The van der Waals surface area contributed by atoms with Gasteiger partial charge in [0, 0.05) is 12.1 Å². The van der Waals surface area contributed by atoms with Crippen LogP contribution in [-0.2, 0) is 4.74 Å². The van der Waals surface area contributed by atoms with Gasteiger partial charge in [-0.1, -0.05) is 24.4 Å². The van der Waals surface area contributed by atoms with Crippen molar-refractivity contribution in [3.63, 3.8) is 0 Å². The first-order valence-electron chi connectivity index (χ1n) is 6.61. The zero-order valence-electron chi connectivity index (χ0n) is 10.8. The zero-order valence-corrected chi connectivity index (χ0v) is 11.6. The average Bonchev–Trinajstić information content (AvgIpc) is 2.91. The number of nitrogens with two attached hydrogens (primary N) is 1. The summed E-state index contributed by atoms with van der Waals surface area (Å²) in [6.45, 7) is 1.07. The van der Waals surface area contributed by atoms with Gasteiger partial charge in [-0.05, 0) is 31.0 Å². The van der Waals surface area contributed by atoms with Crippen molar-refractivity contribution in [3.05, 3.63) is 28.8 Å². The molecule has 0 atom stereocenters. The molecule has 0 saturated heterocycles.